The maximum atomic E-state index is 13.9. The molecule has 1 aliphatic heterocycles. The number of likely N-dealkylation sites (tertiary alicyclic amines) is 1. The van der Waals surface area contributed by atoms with Crippen LogP contribution in [-0.4, -0.2) is 40.4 Å². The minimum atomic E-state index is -0.497. The van der Waals surface area contributed by atoms with Gasteiger partial charge in [-0.25, -0.2) is 4.39 Å². The third-order valence-corrected chi connectivity index (χ3v) is 5.58. The van der Waals surface area contributed by atoms with Crippen LogP contribution >= 0.6 is 0 Å². The summed E-state index contributed by atoms with van der Waals surface area (Å²) < 4.78 is 15.9. The van der Waals surface area contributed by atoms with Gasteiger partial charge in [-0.3, -0.25) is 9.59 Å². The number of carbonyl (C=O) groups excluding carboxylic acids is 2. The van der Waals surface area contributed by atoms with E-state index in [-0.39, 0.29) is 23.4 Å². The zero-order valence-corrected chi connectivity index (χ0v) is 16.4. The van der Waals surface area contributed by atoms with Crippen molar-refractivity contribution in [3.8, 4) is 0 Å². The van der Waals surface area contributed by atoms with Crippen LogP contribution in [0.4, 0.5) is 4.39 Å². The Kier molecular flexibility index (Phi) is 5.34. The van der Waals surface area contributed by atoms with Crippen molar-refractivity contribution in [1.29, 1.82) is 0 Å². The summed E-state index contributed by atoms with van der Waals surface area (Å²) >= 11 is 0. The minimum Gasteiger partial charge on any atom is -0.353 e. The summed E-state index contributed by atoms with van der Waals surface area (Å²) in [5.74, 6) is -0.799. The van der Waals surface area contributed by atoms with E-state index in [1.165, 1.54) is 12.1 Å². The fourth-order valence-corrected chi connectivity index (χ4v) is 4.05. The highest BCUT2D eigenvalue weighted by Crippen LogP contribution is 2.21. The molecule has 0 atom stereocenters. The number of carbonyl (C=O) groups is 2. The fourth-order valence-electron chi connectivity index (χ4n) is 4.05. The summed E-state index contributed by atoms with van der Waals surface area (Å²) in [6.45, 7) is 1.01. The average Bonchev–Trinajstić information content (AvgIpc) is 3.04. The first kappa shape index (κ1) is 19.2. The Morgan fingerprint density at radius 2 is 1.76 bits per heavy atom. The van der Waals surface area contributed by atoms with Gasteiger partial charge in [0, 0.05) is 43.3 Å². The number of piperidine rings is 1. The van der Waals surface area contributed by atoms with E-state index in [9.17, 15) is 14.0 Å². The topological polar surface area (TPSA) is 54.3 Å². The van der Waals surface area contributed by atoms with Crippen LogP contribution in [0.3, 0.4) is 0 Å². The number of nitrogens with zero attached hydrogens (tertiary/aromatic N) is 2. The highest BCUT2D eigenvalue weighted by molar-refractivity contribution is 5.94. The van der Waals surface area contributed by atoms with E-state index >= 15 is 0 Å². The molecule has 5 nitrogen and oxygen atoms in total. The Balaban J connectivity index is 1.33. The van der Waals surface area contributed by atoms with E-state index in [0.717, 1.165) is 16.5 Å². The maximum absolute atomic E-state index is 13.9. The number of aromatic nitrogens is 1. The Bertz CT molecular complexity index is 1050. The number of hydrogen-bond donors (Lipinski definition) is 1. The highest BCUT2D eigenvalue weighted by Gasteiger charge is 2.26. The van der Waals surface area contributed by atoms with E-state index in [1.807, 2.05) is 42.1 Å². The first-order chi connectivity index (χ1) is 14.0. The van der Waals surface area contributed by atoms with Crippen LogP contribution in [-0.2, 0) is 18.3 Å². The average molecular weight is 393 g/mol. The SMILES string of the molecule is Cn1cc(CC(=O)NC2CCN(C(=O)c3ccccc3F)CC2)c2ccccc21. The van der Waals surface area contributed by atoms with Gasteiger partial charge in [-0.2, -0.15) is 0 Å². The van der Waals surface area contributed by atoms with Crippen LogP contribution in [0.5, 0.6) is 0 Å². The van der Waals surface area contributed by atoms with Gasteiger partial charge in [0.2, 0.25) is 5.91 Å². The number of nitrogens with one attached hydrogen (secondary N) is 1. The second-order valence-electron chi connectivity index (χ2n) is 7.57. The van der Waals surface area contributed by atoms with Crippen LogP contribution in [0.15, 0.2) is 54.7 Å². The number of fused-ring (bicyclic) bond motifs is 1. The summed E-state index contributed by atoms with van der Waals surface area (Å²) in [5.41, 5.74) is 2.22. The molecule has 0 aliphatic carbocycles. The second kappa shape index (κ2) is 8.07. The van der Waals surface area contributed by atoms with Gasteiger partial charge in [-0.1, -0.05) is 30.3 Å². The number of benzene rings is 2. The molecular weight excluding hydrogens is 369 g/mol. The Morgan fingerprint density at radius 1 is 1.07 bits per heavy atom. The molecule has 1 saturated heterocycles. The predicted octanol–water partition coefficient (Wildman–Crippen LogP) is 3.28. The summed E-state index contributed by atoms with van der Waals surface area (Å²) in [6, 6.07) is 14.1. The quantitative estimate of drug-likeness (QED) is 0.740. The smallest absolute Gasteiger partial charge is 0.256 e. The first-order valence-corrected chi connectivity index (χ1v) is 9.89. The lowest BCUT2D eigenvalue weighted by Crippen LogP contribution is -2.47. The van der Waals surface area contributed by atoms with Crippen molar-refractivity contribution in [2.24, 2.45) is 7.05 Å². The maximum Gasteiger partial charge on any atom is 0.256 e. The number of hydrogen-bond acceptors (Lipinski definition) is 2. The van der Waals surface area contributed by atoms with Gasteiger partial charge in [0.15, 0.2) is 0 Å². The van der Waals surface area contributed by atoms with Crippen LogP contribution in [0.2, 0.25) is 0 Å². The molecule has 1 N–H and O–H groups in total. The van der Waals surface area contributed by atoms with Crippen LogP contribution in [0, 0.1) is 5.82 Å². The third kappa shape index (κ3) is 4.01. The Labute approximate surface area is 169 Å². The molecule has 6 heteroatoms. The van der Waals surface area contributed by atoms with Crippen molar-refractivity contribution in [3.63, 3.8) is 0 Å². The monoisotopic (exact) mass is 393 g/mol. The molecule has 3 aromatic rings. The van der Waals surface area contributed by atoms with E-state index < -0.39 is 5.82 Å². The second-order valence-corrected chi connectivity index (χ2v) is 7.57. The molecule has 0 unspecified atom stereocenters. The van der Waals surface area contributed by atoms with Crippen LogP contribution in [0.1, 0.15) is 28.8 Å². The molecular formula is C23H24FN3O2. The lowest BCUT2D eigenvalue weighted by Gasteiger charge is -2.32. The molecule has 0 saturated carbocycles. The van der Waals surface area contributed by atoms with Gasteiger partial charge in [0.1, 0.15) is 5.82 Å². The molecule has 0 bridgehead atoms. The molecule has 0 radical (unpaired) electrons. The zero-order valence-electron chi connectivity index (χ0n) is 16.4. The molecule has 0 spiro atoms. The van der Waals surface area contributed by atoms with E-state index in [4.69, 9.17) is 0 Å². The van der Waals surface area contributed by atoms with E-state index in [1.54, 1.807) is 17.0 Å². The van der Waals surface area contributed by atoms with Gasteiger partial charge in [0.05, 0.1) is 12.0 Å². The molecule has 2 heterocycles. The van der Waals surface area contributed by atoms with Gasteiger partial charge >= 0.3 is 0 Å². The molecule has 29 heavy (non-hydrogen) atoms. The summed E-state index contributed by atoms with van der Waals surface area (Å²) in [6.07, 6.45) is 3.67. The summed E-state index contributed by atoms with van der Waals surface area (Å²) in [7, 11) is 1.98. The van der Waals surface area contributed by atoms with Crippen molar-refractivity contribution in [3.05, 3.63) is 71.7 Å². The lowest BCUT2D eigenvalue weighted by atomic mass is 10.0. The number of aryl methyl sites for hydroxylation is 1. The molecule has 1 fully saturated rings. The zero-order chi connectivity index (χ0) is 20.4. The van der Waals surface area contributed by atoms with Gasteiger partial charge in [-0.15, -0.1) is 0 Å². The van der Waals surface area contributed by atoms with E-state index in [0.29, 0.717) is 32.4 Å². The fraction of sp³-hybridized carbons (Fsp3) is 0.304. The molecule has 4 rings (SSSR count). The number of para-hydroxylation sites is 1. The predicted molar refractivity (Wildman–Crippen MR) is 110 cm³/mol. The summed E-state index contributed by atoms with van der Waals surface area (Å²) in [4.78, 5) is 26.7. The first-order valence-electron chi connectivity index (χ1n) is 9.89. The van der Waals surface area contributed by atoms with Gasteiger partial charge < -0.3 is 14.8 Å². The van der Waals surface area contributed by atoms with Crippen molar-refractivity contribution >= 4 is 22.7 Å². The standard InChI is InChI=1S/C23H24FN3O2/c1-26-15-16(18-6-3-5-9-21(18)26)14-22(28)25-17-10-12-27(13-11-17)23(29)19-7-2-4-8-20(19)24/h2-9,15,17H,10-14H2,1H3,(H,25,28). The Hall–Kier alpha value is -3.15. The molecule has 150 valence electrons. The third-order valence-electron chi connectivity index (χ3n) is 5.58. The number of halogens is 1. The van der Waals surface area contributed by atoms with Crippen LogP contribution < -0.4 is 5.32 Å². The Morgan fingerprint density at radius 3 is 2.52 bits per heavy atom. The van der Waals surface area contributed by atoms with Gasteiger partial charge in [0.25, 0.3) is 5.91 Å². The normalized spacial score (nSPS) is 14.9. The number of rotatable bonds is 4. The number of amides is 2. The van der Waals surface area contributed by atoms with Crippen LogP contribution in [0.25, 0.3) is 10.9 Å². The highest BCUT2D eigenvalue weighted by atomic mass is 19.1. The molecule has 1 aromatic heterocycles. The lowest BCUT2D eigenvalue weighted by molar-refractivity contribution is -0.121. The van der Waals surface area contributed by atoms with Crippen molar-refractivity contribution in [2.45, 2.75) is 25.3 Å². The minimum absolute atomic E-state index is 0.0137. The largest absolute Gasteiger partial charge is 0.353 e. The van der Waals surface area contributed by atoms with Gasteiger partial charge in [-0.05, 0) is 36.6 Å². The molecule has 1 aliphatic rings. The van der Waals surface area contributed by atoms with Crippen molar-refractivity contribution in [2.75, 3.05) is 13.1 Å². The summed E-state index contributed by atoms with van der Waals surface area (Å²) in [5, 5.41) is 4.18. The molecule has 2 aromatic carbocycles. The van der Waals surface area contributed by atoms with E-state index in [2.05, 4.69) is 5.32 Å². The van der Waals surface area contributed by atoms with Crippen molar-refractivity contribution < 1.29 is 14.0 Å². The molecule has 2 amide bonds. The van der Waals surface area contributed by atoms with Crippen molar-refractivity contribution in [1.82, 2.24) is 14.8 Å².